The first-order chi connectivity index (χ1) is 13.2. The van der Waals surface area contributed by atoms with Crippen LogP contribution in [0.4, 0.5) is 0 Å². The van der Waals surface area contributed by atoms with E-state index in [-0.39, 0.29) is 12.1 Å². The van der Waals surface area contributed by atoms with Crippen molar-refractivity contribution in [2.45, 2.75) is 67.2 Å². The lowest BCUT2D eigenvalue weighted by Crippen LogP contribution is -2.39. The summed E-state index contributed by atoms with van der Waals surface area (Å²) in [6, 6.07) is 9.75. The average Bonchev–Trinajstić information content (AvgIpc) is 2.64. The van der Waals surface area contributed by atoms with Gasteiger partial charge >= 0.3 is 0 Å². The largest absolute Gasteiger partial charge is 0.342 e. The van der Waals surface area contributed by atoms with Crippen LogP contribution in [0.2, 0.25) is 0 Å². The van der Waals surface area contributed by atoms with Gasteiger partial charge in [0, 0.05) is 24.6 Å². The fraction of sp³-hybridized carbons (Fsp3) is 0.708. The summed E-state index contributed by atoms with van der Waals surface area (Å²) in [5.41, 5.74) is 0. The molecule has 4 heteroatoms. The number of hydrogen-bond acceptors (Lipinski definition) is 2. The number of benzene rings is 1. The third kappa shape index (κ3) is 8.52. The number of carbonyl (C=O) groups is 1. The fourth-order valence-electron chi connectivity index (χ4n) is 3.77. The SMILES string of the molecule is CCCCC(CC)CP(=O)(CC(=O)N(CC(C)C)CC(C)C)c1ccccc1. The highest BCUT2D eigenvalue weighted by atomic mass is 31.2. The van der Waals surface area contributed by atoms with E-state index in [0.717, 1.165) is 44.1 Å². The van der Waals surface area contributed by atoms with Gasteiger partial charge in [-0.1, -0.05) is 97.6 Å². The first-order valence-corrected chi connectivity index (χ1v) is 13.2. The second-order valence-corrected chi connectivity index (χ2v) is 12.0. The predicted molar refractivity (Wildman–Crippen MR) is 123 cm³/mol. The van der Waals surface area contributed by atoms with Crippen molar-refractivity contribution in [1.29, 1.82) is 0 Å². The van der Waals surface area contributed by atoms with Crippen molar-refractivity contribution < 1.29 is 9.36 Å². The van der Waals surface area contributed by atoms with Crippen molar-refractivity contribution >= 4 is 18.4 Å². The normalized spacial score (nSPS) is 14.9. The van der Waals surface area contributed by atoms with E-state index in [4.69, 9.17) is 0 Å². The van der Waals surface area contributed by atoms with Crippen molar-refractivity contribution in [2.75, 3.05) is 25.4 Å². The number of rotatable bonds is 13. The smallest absolute Gasteiger partial charge is 0.230 e. The van der Waals surface area contributed by atoms with Crippen molar-refractivity contribution in [3.8, 4) is 0 Å². The van der Waals surface area contributed by atoms with Crippen LogP contribution in [0.5, 0.6) is 0 Å². The lowest BCUT2D eigenvalue weighted by atomic mass is 10.0. The molecule has 0 bridgehead atoms. The highest BCUT2D eigenvalue weighted by Crippen LogP contribution is 2.47. The quantitative estimate of drug-likeness (QED) is 0.374. The van der Waals surface area contributed by atoms with E-state index >= 15 is 0 Å². The summed E-state index contributed by atoms with van der Waals surface area (Å²) in [5, 5.41) is 0.868. The van der Waals surface area contributed by atoms with Gasteiger partial charge in [0.2, 0.25) is 5.91 Å². The number of nitrogens with zero attached hydrogens (tertiary/aromatic N) is 1. The van der Waals surface area contributed by atoms with Crippen molar-refractivity contribution in [3.63, 3.8) is 0 Å². The maximum Gasteiger partial charge on any atom is 0.230 e. The minimum absolute atomic E-state index is 0.0555. The van der Waals surface area contributed by atoms with Gasteiger partial charge in [-0.2, -0.15) is 0 Å². The molecule has 3 nitrogen and oxygen atoms in total. The Bertz CT molecular complexity index is 602. The zero-order valence-corrected chi connectivity index (χ0v) is 19.9. The molecule has 1 amide bonds. The van der Waals surface area contributed by atoms with Crippen molar-refractivity contribution in [3.05, 3.63) is 30.3 Å². The molecule has 160 valence electrons. The van der Waals surface area contributed by atoms with Crippen LogP contribution in [-0.2, 0) is 9.36 Å². The Labute approximate surface area is 173 Å². The fourth-order valence-corrected chi connectivity index (χ4v) is 6.92. The summed E-state index contributed by atoms with van der Waals surface area (Å²) in [7, 11) is -2.77. The first kappa shape index (κ1) is 25.0. The van der Waals surface area contributed by atoms with E-state index < -0.39 is 7.14 Å². The van der Waals surface area contributed by atoms with Gasteiger partial charge in [0.1, 0.15) is 7.14 Å². The maximum atomic E-state index is 14.2. The van der Waals surface area contributed by atoms with Crippen LogP contribution < -0.4 is 5.30 Å². The molecule has 0 N–H and O–H groups in total. The van der Waals surface area contributed by atoms with Gasteiger partial charge in [0.15, 0.2) is 0 Å². The molecule has 0 heterocycles. The molecule has 0 fully saturated rings. The molecule has 2 atom stereocenters. The van der Waals surface area contributed by atoms with Crippen LogP contribution in [-0.4, -0.2) is 36.2 Å². The second kappa shape index (κ2) is 12.5. The molecule has 1 aromatic carbocycles. The number of unbranched alkanes of at least 4 members (excludes halogenated alkanes) is 1. The molecule has 28 heavy (non-hydrogen) atoms. The Morgan fingerprint density at radius 1 is 1.00 bits per heavy atom. The molecule has 0 aromatic heterocycles. The van der Waals surface area contributed by atoms with E-state index in [1.165, 1.54) is 0 Å². The van der Waals surface area contributed by atoms with Crippen molar-refractivity contribution in [2.24, 2.45) is 17.8 Å². The van der Waals surface area contributed by atoms with Gasteiger partial charge in [-0.3, -0.25) is 4.79 Å². The van der Waals surface area contributed by atoms with E-state index in [1.807, 2.05) is 35.2 Å². The van der Waals surface area contributed by atoms with E-state index in [1.54, 1.807) is 0 Å². The van der Waals surface area contributed by atoms with Gasteiger partial charge in [-0.25, -0.2) is 0 Å². The van der Waals surface area contributed by atoms with Crippen LogP contribution in [0.25, 0.3) is 0 Å². The summed E-state index contributed by atoms with van der Waals surface area (Å²) < 4.78 is 14.2. The topological polar surface area (TPSA) is 37.4 Å². The number of carbonyl (C=O) groups excluding carboxylic acids is 1. The lowest BCUT2D eigenvalue weighted by Gasteiger charge is -2.30. The standard InChI is InChI=1S/C24H42NO2P/c1-7-9-13-22(8-2)18-28(27,23-14-11-10-12-15-23)19-24(26)25(16-20(3)4)17-21(5)6/h10-12,14-15,20-22H,7-9,13,16-19H2,1-6H3. The molecular weight excluding hydrogens is 365 g/mol. The molecule has 0 spiro atoms. The van der Waals surface area contributed by atoms with Crippen LogP contribution in [0.1, 0.15) is 67.2 Å². The van der Waals surface area contributed by atoms with Crippen LogP contribution >= 0.6 is 7.14 Å². The molecular formula is C24H42NO2P. The second-order valence-electron chi connectivity index (χ2n) is 9.07. The summed E-state index contributed by atoms with van der Waals surface area (Å²) >= 11 is 0. The molecule has 0 saturated carbocycles. The lowest BCUT2D eigenvalue weighted by molar-refractivity contribution is -0.129. The minimum atomic E-state index is -2.77. The monoisotopic (exact) mass is 407 g/mol. The van der Waals surface area contributed by atoms with Gasteiger partial charge in [0.25, 0.3) is 0 Å². The molecule has 1 aromatic rings. The molecule has 0 aliphatic carbocycles. The number of amides is 1. The van der Waals surface area contributed by atoms with Gasteiger partial charge < -0.3 is 9.46 Å². The van der Waals surface area contributed by atoms with Gasteiger partial charge in [-0.05, 0) is 17.8 Å². The van der Waals surface area contributed by atoms with E-state index in [9.17, 15) is 9.36 Å². The Balaban J connectivity index is 3.10. The molecule has 1 rings (SSSR count). The third-order valence-corrected chi connectivity index (χ3v) is 8.36. The van der Waals surface area contributed by atoms with Gasteiger partial charge in [0.05, 0.1) is 6.16 Å². The molecule has 0 aliphatic heterocycles. The highest BCUT2D eigenvalue weighted by Gasteiger charge is 2.32. The van der Waals surface area contributed by atoms with E-state index in [2.05, 4.69) is 41.5 Å². The average molecular weight is 408 g/mol. The summed E-state index contributed by atoms with van der Waals surface area (Å²) in [6.45, 7) is 14.4. The maximum absolute atomic E-state index is 14.2. The Morgan fingerprint density at radius 2 is 1.57 bits per heavy atom. The first-order valence-electron chi connectivity index (χ1n) is 11.1. The van der Waals surface area contributed by atoms with Crippen LogP contribution in [0.3, 0.4) is 0 Å². The highest BCUT2D eigenvalue weighted by molar-refractivity contribution is 7.72. The molecule has 2 unspecified atom stereocenters. The number of hydrogen-bond donors (Lipinski definition) is 0. The Morgan fingerprint density at radius 3 is 2.04 bits per heavy atom. The van der Waals surface area contributed by atoms with Gasteiger partial charge in [-0.15, -0.1) is 0 Å². The zero-order chi connectivity index (χ0) is 21.2. The Hall–Kier alpha value is -1.08. The minimum Gasteiger partial charge on any atom is -0.342 e. The molecule has 0 radical (unpaired) electrons. The van der Waals surface area contributed by atoms with Crippen molar-refractivity contribution in [1.82, 2.24) is 4.90 Å². The third-order valence-electron chi connectivity index (χ3n) is 5.24. The summed E-state index contributed by atoms with van der Waals surface area (Å²) in [6.07, 6.45) is 5.25. The molecule has 0 aliphatic rings. The van der Waals surface area contributed by atoms with Crippen LogP contribution in [0.15, 0.2) is 30.3 Å². The van der Waals surface area contributed by atoms with Crippen LogP contribution in [0, 0.1) is 17.8 Å². The summed E-state index contributed by atoms with van der Waals surface area (Å²) in [4.78, 5) is 15.2. The predicted octanol–water partition coefficient (Wildman–Crippen LogP) is 6.03. The molecule has 0 saturated heterocycles. The Kier molecular flexibility index (Phi) is 11.1. The van der Waals surface area contributed by atoms with E-state index in [0.29, 0.717) is 23.9 Å². The summed E-state index contributed by atoms with van der Waals surface area (Å²) in [5.74, 6) is 1.29. The zero-order valence-electron chi connectivity index (χ0n) is 19.0.